The van der Waals surface area contributed by atoms with E-state index in [0.29, 0.717) is 0 Å². The molecular weight excluding hydrogens is 412 g/mol. The zero-order valence-corrected chi connectivity index (χ0v) is 19.6. The van der Waals surface area contributed by atoms with Crippen molar-refractivity contribution in [3.8, 4) is 11.1 Å². The average Bonchev–Trinajstić information content (AvgIpc) is 3.09. The first-order valence-corrected chi connectivity index (χ1v) is 12.7. The van der Waals surface area contributed by atoms with Crippen LogP contribution in [-0.2, 0) is 5.41 Å². The van der Waals surface area contributed by atoms with Crippen LogP contribution in [0, 0.1) is 13.8 Å². The molecule has 0 spiro atoms. The molecule has 0 N–H and O–H groups in total. The summed E-state index contributed by atoms with van der Waals surface area (Å²) in [5.74, 6) is 2.06. The highest BCUT2D eigenvalue weighted by atomic mass is 32.2. The van der Waals surface area contributed by atoms with E-state index in [1.54, 1.807) is 0 Å². The minimum atomic E-state index is -0.0156. The van der Waals surface area contributed by atoms with Crippen LogP contribution in [0.1, 0.15) is 22.3 Å². The molecule has 0 radical (unpaired) electrons. The maximum Gasteiger partial charge on any atom is 0.0402 e. The van der Waals surface area contributed by atoms with Crippen LogP contribution in [0.3, 0.4) is 0 Å². The van der Waals surface area contributed by atoms with Crippen molar-refractivity contribution in [2.75, 3.05) is 11.5 Å². The van der Waals surface area contributed by atoms with Crippen LogP contribution in [0.2, 0.25) is 0 Å². The number of hydrogen-bond acceptors (Lipinski definition) is 2. The third-order valence-electron chi connectivity index (χ3n) is 6.19. The molecule has 0 atom stereocenters. The lowest BCUT2D eigenvalue weighted by Gasteiger charge is -2.32. The van der Waals surface area contributed by atoms with E-state index in [1.807, 2.05) is 23.5 Å². The SMILES string of the molecule is Cc1ccc(SCC2(CSc3ccc(C)cc3)c3ccccc3-c3ccccc32)cc1. The number of hydrogen-bond donors (Lipinski definition) is 0. The first-order valence-electron chi connectivity index (χ1n) is 10.7. The molecule has 0 bridgehead atoms. The number of benzene rings is 4. The molecule has 0 saturated carbocycles. The summed E-state index contributed by atoms with van der Waals surface area (Å²) in [6.45, 7) is 4.30. The van der Waals surface area contributed by atoms with E-state index in [1.165, 1.54) is 43.2 Å². The molecule has 4 aromatic carbocycles. The lowest BCUT2D eigenvalue weighted by molar-refractivity contribution is 0.686. The van der Waals surface area contributed by atoms with Crippen molar-refractivity contribution >= 4 is 23.5 Å². The van der Waals surface area contributed by atoms with Gasteiger partial charge in [-0.1, -0.05) is 83.9 Å². The molecule has 0 unspecified atom stereocenters. The van der Waals surface area contributed by atoms with Crippen molar-refractivity contribution in [3.63, 3.8) is 0 Å². The van der Waals surface area contributed by atoms with Gasteiger partial charge in [0.15, 0.2) is 0 Å². The molecule has 4 aromatic rings. The molecule has 0 heterocycles. The number of fused-ring (bicyclic) bond motifs is 3. The second kappa shape index (κ2) is 8.61. The van der Waals surface area contributed by atoms with Crippen molar-refractivity contribution in [1.29, 1.82) is 0 Å². The fourth-order valence-corrected chi connectivity index (χ4v) is 6.89. The second-order valence-corrected chi connectivity index (χ2v) is 10.5. The molecule has 0 aromatic heterocycles. The van der Waals surface area contributed by atoms with Crippen molar-refractivity contribution < 1.29 is 0 Å². The van der Waals surface area contributed by atoms with Gasteiger partial charge in [-0.25, -0.2) is 0 Å². The van der Waals surface area contributed by atoms with Gasteiger partial charge in [-0.3, -0.25) is 0 Å². The maximum atomic E-state index is 2.35. The fraction of sp³-hybridized carbons (Fsp3) is 0.172. The summed E-state index contributed by atoms with van der Waals surface area (Å²) in [6.07, 6.45) is 0. The van der Waals surface area contributed by atoms with Gasteiger partial charge in [-0.15, -0.1) is 23.5 Å². The highest BCUT2D eigenvalue weighted by Gasteiger charge is 2.42. The summed E-state index contributed by atoms with van der Waals surface area (Å²) in [5.41, 5.74) is 8.33. The molecule has 31 heavy (non-hydrogen) atoms. The molecule has 0 aliphatic heterocycles. The zero-order chi connectivity index (χ0) is 21.3. The number of aryl methyl sites for hydroxylation is 2. The minimum absolute atomic E-state index is 0.0156. The third kappa shape index (κ3) is 3.95. The van der Waals surface area contributed by atoms with Crippen LogP contribution in [0.25, 0.3) is 11.1 Å². The standard InChI is InChI=1S/C29H26S2/c1-21-11-15-23(16-12-21)30-19-29(20-31-24-17-13-22(2)14-18-24)27-9-5-3-7-25(27)26-8-4-6-10-28(26)29/h3-18H,19-20H2,1-2H3. The molecule has 5 rings (SSSR count). The molecule has 0 nitrogen and oxygen atoms in total. The largest absolute Gasteiger partial charge is 0.125 e. The molecule has 0 saturated heterocycles. The van der Waals surface area contributed by atoms with Crippen LogP contribution in [0.15, 0.2) is 107 Å². The van der Waals surface area contributed by atoms with Gasteiger partial charge >= 0.3 is 0 Å². The highest BCUT2D eigenvalue weighted by molar-refractivity contribution is 8.00. The third-order valence-corrected chi connectivity index (χ3v) is 8.67. The predicted molar refractivity (Wildman–Crippen MR) is 136 cm³/mol. The van der Waals surface area contributed by atoms with Crippen LogP contribution < -0.4 is 0 Å². The molecule has 0 amide bonds. The number of rotatable bonds is 6. The lowest BCUT2D eigenvalue weighted by Crippen LogP contribution is -2.31. The lowest BCUT2D eigenvalue weighted by atomic mass is 9.82. The van der Waals surface area contributed by atoms with Crippen molar-refractivity contribution in [1.82, 2.24) is 0 Å². The van der Waals surface area contributed by atoms with Gasteiger partial charge in [0.2, 0.25) is 0 Å². The van der Waals surface area contributed by atoms with Gasteiger partial charge < -0.3 is 0 Å². The molecule has 2 heteroatoms. The summed E-state index contributed by atoms with van der Waals surface area (Å²) in [7, 11) is 0. The van der Waals surface area contributed by atoms with Crippen molar-refractivity contribution in [3.05, 3.63) is 119 Å². The van der Waals surface area contributed by atoms with E-state index in [2.05, 4.69) is 111 Å². The van der Waals surface area contributed by atoms with E-state index >= 15 is 0 Å². The smallest absolute Gasteiger partial charge is 0.0402 e. The van der Waals surface area contributed by atoms with Crippen molar-refractivity contribution in [2.45, 2.75) is 29.1 Å². The fourth-order valence-electron chi connectivity index (χ4n) is 4.45. The van der Waals surface area contributed by atoms with Crippen LogP contribution in [0.4, 0.5) is 0 Å². The minimum Gasteiger partial charge on any atom is -0.125 e. The Morgan fingerprint density at radius 3 is 1.32 bits per heavy atom. The van der Waals surface area contributed by atoms with Gasteiger partial charge in [0.05, 0.1) is 0 Å². The van der Waals surface area contributed by atoms with Gasteiger partial charge in [0.25, 0.3) is 0 Å². The van der Waals surface area contributed by atoms with Crippen LogP contribution >= 0.6 is 23.5 Å². The topological polar surface area (TPSA) is 0 Å². The van der Waals surface area contributed by atoms with Gasteiger partial charge in [0, 0.05) is 26.7 Å². The quantitative estimate of drug-likeness (QED) is 0.279. The Labute approximate surface area is 194 Å². The highest BCUT2D eigenvalue weighted by Crippen LogP contribution is 2.52. The monoisotopic (exact) mass is 438 g/mol. The first-order chi connectivity index (χ1) is 15.2. The average molecular weight is 439 g/mol. The molecule has 1 aliphatic carbocycles. The van der Waals surface area contributed by atoms with E-state index in [0.717, 1.165) is 11.5 Å². The van der Waals surface area contributed by atoms with E-state index < -0.39 is 0 Å². The second-order valence-electron chi connectivity index (χ2n) is 8.38. The van der Waals surface area contributed by atoms with Crippen molar-refractivity contribution in [2.24, 2.45) is 0 Å². The van der Waals surface area contributed by atoms with Crippen LogP contribution in [0.5, 0.6) is 0 Å². The van der Waals surface area contributed by atoms with E-state index in [-0.39, 0.29) is 5.41 Å². The molecule has 154 valence electrons. The summed E-state index contributed by atoms with van der Waals surface area (Å²) < 4.78 is 0. The summed E-state index contributed by atoms with van der Waals surface area (Å²) in [6, 6.07) is 35.9. The molecule has 1 aliphatic rings. The Bertz CT molecular complexity index is 1090. The summed E-state index contributed by atoms with van der Waals surface area (Å²) in [5, 5.41) is 0. The maximum absolute atomic E-state index is 2.35. The van der Waals surface area contributed by atoms with Gasteiger partial charge in [0.1, 0.15) is 0 Å². The summed E-state index contributed by atoms with van der Waals surface area (Å²) >= 11 is 3.95. The zero-order valence-electron chi connectivity index (χ0n) is 18.0. The van der Waals surface area contributed by atoms with Crippen LogP contribution in [-0.4, -0.2) is 11.5 Å². The Balaban J connectivity index is 1.55. The molecule has 0 fully saturated rings. The predicted octanol–water partition coefficient (Wildman–Crippen LogP) is 8.15. The van der Waals surface area contributed by atoms with Gasteiger partial charge in [-0.2, -0.15) is 0 Å². The Morgan fingerprint density at radius 2 is 0.903 bits per heavy atom. The molecular formula is C29H26S2. The summed E-state index contributed by atoms with van der Waals surface area (Å²) in [4.78, 5) is 2.68. The number of thioether (sulfide) groups is 2. The Hall–Kier alpha value is -2.42. The normalized spacial score (nSPS) is 13.6. The van der Waals surface area contributed by atoms with E-state index in [4.69, 9.17) is 0 Å². The first kappa shape index (κ1) is 20.5. The van der Waals surface area contributed by atoms with E-state index in [9.17, 15) is 0 Å². The Morgan fingerprint density at radius 1 is 0.516 bits per heavy atom. The Kier molecular flexibility index (Phi) is 5.69. The van der Waals surface area contributed by atoms with Gasteiger partial charge in [-0.05, 0) is 60.4 Å².